The maximum Gasteiger partial charge on any atom is 0.187 e. The van der Waals surface area contributed by atoms with Crippen LogP contribution in [0, 0.1) is 0 Å². The third-order valence-corrected chi connectivity index (χ3v) is 3.94. The molecule has 0 bridgehead atoms. The summed E-state index contributed by atoms with van der Waals surface area (Å²) in [5, 5.41) is 67.6. The monoisotopic (exact) mass is 326 g/mol. The van der Waals surface area contributed by atoms with Crippen LogP contribution in [-0.2, 0) is 14.2 Å². The van der Waals surface area contributed by atoms with Crippen molar-refractivity contribution in [2.24, 2.45) is 0 Å². The maximum absolute atomic E-state index is 9.96. The number of hydrogen-bond donors (Lipinski definition) is 7. The first kappa shape index (κ1) is 17.9. The van der Waals surface area contributed by atoms with E-state index in [1.54, 1.807) is 0 Å². The number of hydrogen-bond acceptors (Lipinski definition) is 10. The van der Waals surface area contributed by atoms with Gasteiger partial charge in [0.25, 0.3) is 0 Å². The Morgan fingerprint density at radius 1 is 0.818 bits per heavy atom. The zero-order chi connectivity index (χ0) is 16.6. The van der Waals surface area contributed by atoms with Gasteiger partial charge in [-0.15, -0.1) is 0 Å². The fourth-order valence-corrected chi connectivity index (χ4v) is 2.51. The molecule has 2 aliphatic rings. The fourth-order valence-electron chi connectivity index (χ4n) is 2.51. The molecule has 0 aromatic carbocycles. The minimum absolute atomic E-state index is 0.636. The Kier molecular flexibility index (Phi) is 5.72. The molecule has 7 N–H and O–H groups in total. The van der Waals surface area contributed by atoms with E-state index in [0.29, 0.717) is 0 Å². The number of aliphatic hydroxyl groups excluding tert-OH is 7. The summed E-state index contributed by atoms with van der Waals surface area (Å²) >= 11 is 0. The summed E-state index contributed by atoms with van der Waals surface area (Å²) in [5.74, 6) is 0. The molecule has 0 spiro atoms. The molecule has 10 atom stereocenters. The lowest BCUT2D eigenvalue weighted by molar-refractivity contribution is -0.353. The average Bonchev–Trinajstić information content (AvgIpc) is 2.49. The van der Waals surface area contributed by atoms with Crippen LogP contribution in [0.25, 0.3) is 0 Å². The van der Waals surface area contributed by atoms with Gasteiger partial charge >= 0.3 is 0 Å². The topological polar surface area (TPSA) is 169 Å². The molecule has 2 rings (SSSR count). The second-order valence-electron chi connectivity index (χ2n) is 5.51. The van der Waals surface area contributed by atoms with Gasteiger partial charge in [0.2, 0.25) is 0 Å². The molecule has 0 aliphatic carbocycles. The van der Waals surface area contributed by atoms with Gasteiger partial charge in [0.1, 0.15) is 42.7 Å². The Balaban J connectivity index is 2.10. The van der Waals surface area contributed by atoms with E-state index in [1.165, 1.54) is 6.92 Å². The molecule has 2 saturated heterocycles. The SMILES string of the molecule is C[C@H]1O[C@@H](O)[C@H](O)[C@@H](O[C@H]2O[C@H](CO)[C@H](O)[C@H](O)[C@H]2O)[C@H]1O. The first-order valence-electron chi connectivity index (χ1n) is 6.93. The van der Waals surface area contributed by atoms with Crippen molar-refractivity contribution >= 4 is 0 Å². The highest BCUT2D eigenvalue weighted by Gasteiger charge is 2.49. The van der Waals surface area contributed by atoms with E-state index < -0.39 is 68.0 Å². The predicted octanol–water partition coefficient (Wildman–Crippen LogP) is -4.37. The van der Waals surface area contributed by atoms with Gasteiger partial charge in [-0.25, -0.2) is 0 Å². The summed E-state index contributed by atoms with van der Waals surface area (Å²) in [4.78, 5) is 0. The summed E-state index contributed by atoms with van der Waals surface area (Å²) in [6.45, 7) is 0.812. The molecule has 22 heavy (non-hydrogen) atoms. The summed E-state index contributed by atoms with van der Waals surface area (Å²) in [6.07, 6.45) is -14.3. The molecule has 0 aromatic rings. The van der Waals surface area contributed by atoms with E-state index in [-0.39, 0.29) is 0 Å². The Bertz CT molecular complexity index is 352. The van der Waals surface area contributed by atoms with Crippen LogP contribution in [0.5, 0.6) is 0 Å². The van der Waals surface area contributed by atoms with Gasteiger partial charge < -0.3 is 50.0 Å². The van der Waals surface area contributed by atoms with Crippen LogP contribution in [0.15, 0.2) is 0 Å². The summed E-state index contributed by atoms with van der Waals surface area (Å²) in [5.41, 5.74) is 0. The quantitative estimate of drug-likeness (QED) is 0.269. The minimum atomic E-state index is -1.67. The maximum atomic E-state index is 9.96. The molecule has 0 saturated carbocycles. The predicted molar refractivity (Wildman–Crippen MR) is 67.2 cm³/mol. The van der Waals surface area contributed by atoms with Crippen LogP contribution in [-0.4, -0.2) is 104 Å². The van der Waals surface area contributed by atoms with Gasteiger partial charge in [0, 0.05) is 0 Å². The Morgan fingerprint density at radius 2 is 1.45 bits per heavy atom. The highest BCUT2D eigenvalue weighted by Crippen LogP contribution is 2.28. The van der Waals surface area contributed by atoms with Crippen molar-refractivity contribution in [3.8, 4) is 0 Å². The lowest BCUT2D eigenvalue weighted by Crippen LogP contribution is -2.63. The van der Waals surface area contributed by atoms with E-state index in [4.69, 9.17) is 19.3 Å². The fraction of sp³-hybridized carbons (Fsp3) is 1.00. The van der Waals surface area contributed by atoms with Gasteiger partial charge in [0.05, 0.1) is 12.7 Å². The molecule has 0 radical (unpaired) electrons. The molecule has 2 fully saturated rings. The second-order valence-corrected chi connectivity index (χ2v) is 5.51. The third-order valence-electron chi connectivity index (χ3n) is 3.94. The summed E-state index contributed by atoms with van der Waals surface area (Å²) in [6, 6.07) is 0. The molecule has 0 amide bonds. The molecule has 0 aromatic heterocycles. The van der Waals surface area contributed by atoms with E-state index >= 15 is 0 Å². The van der Waals surface area contributed by atoms with Gasteiger partial charge in [0.15, 0.2) is 12.6 Å². The molecule has 0 unspecified atom stereocenters. The minimum Gasteiger partial charge on any atom is -0.394 e. The average molecular weight is 326 g/mol. The molecular weight excluding hydrogens is 304 g/mol. The van der Waals surface area contributed by atoms with Crippen molar-refractivity contribution in [2.75, 3.05) is 6.61 Å². The van der Waals surface area contributed by atoms with Crippen LogP contribution < -0.4 is 0 Å². The first-order valence-corrected chi connectivity index (χ1v) is 6.93. The van der Waals surface area contributed by atoms with E-state index in [1.807, 2.05) is 0 Å². The molecule has 2 heterocycles. The molecule has 2 aliphatic heterocycles. The zero-order valence-electron chi connectivity index (χ0n) is 11.8. The van der Waals surface area contributed by atoms with Crippen molar-refractivity contribution < 1.29 is 50.0 Å². The Morgan fingerprint density at radius 3 is 2.05 bits per heavy atom. The van der Waals surface area contributed by atoms with Crippen LogP contribution in [0.3, 0.4) is 0 Å². The lowest BCUT2D eigenvalue weighted by Gasteiger charge is -2.44. The Hall–Kier alpha value is -0.400. The van der Waals surface area contributed by atoms with Crippen molar-refractivity contribution in [1.29, 1.82) is 0 Å². The van der Waals surface area contributed by atoms with Crippen molar-refractivity contribution in [3.05, 3.63) is 0 Å². The van der Waals surface area contributed by atoms with Crippen molar-refractivity contribution in [2.45, 2.75) is 68.3 Å². The largest absolute Gasteiger partial charge is 0.394 e. The normalized spacial score (nSPS) is 53.5. The van der Waals surface area contributed by atoms with Crippen LogP contribution in [0.2, 0.25) is 0 Å². The first-order chi connectivity index (χ1) is 10.3. The zero-order valence-corrected chi connectivity index (χ0v) is 11.8. The molecule has 10 nitrogen and oxygen atoms in total. The highest BCUT2D eigenvalue weighted by molar-refractivity contribution is 4.92. The number of rotatable bonds is 3. The Labute approximate surface area is 126 Å². The molecule has 10 heteroatoms. The van der Waals surface area contributed by atoms with E-state index in [2.05, 4.69) is 0 Å². The van der Waals surface area contributed by atoms with Gasteiger partial charge in [-0.2, -0.15) is 0 Å². The van der Waals surface area contributed by atoms with Crippen molar-refractivity contribution in [3.63, 3.8) is 0 Å². The van der Waals surface area contributed by atoms with E-state index in [0.717, 1.165) is 0 Å². The van der Waals surface area contributed by atoms with Gasteiger partial charge in [-0.05, 0) is 6.92 Å². The van der Waals surface area contributed by atoms with Gasteiger partial charge in [-0.1, -0.05) is 0 Å². The number of ether oxygens (including phenoxy) is 3. The smallest absolute Gasteiger partial charge is 0.187 e. The molecular formula is C12H22O10. The number of aliphatic hydroxyl groups is 7. The standard InChI is InChI=1S/C12H22O10/c1-3-5(14)10(9(18)11(19)20-3)22-12-8(17)7(16)6(15)4(2-13)21-12/h3-19H,2H2,1H3/t3-,4-,5+,6+,7+,8-,9-,10+,11-,12-/m1/s1. The lowest BCUT2D eigenvalue weighted by atomic mass is 9.97. The second kappa shape index (κ2) is 7.01. The third kappa shape index (κ3) is 3.26. The van der Waals surface area contributed by atoms with Crippen LogP contribution in [0.4, 0.5) is 0 Å². The molecule has 130 valence electrons. The highest BCUT2D eigenvalue weighted by atomic mass is 16.7. The summed E-state index contributed by atoms with van der Waals surface area (Å²) in [7, 11) is 0. The van der Waals surface area contributed by atoms with Crippen LogP contribution in [0.1, 0.15) is 6.92 Å². The van der Waals surface area contributed by atoms with Gasteiger partial charge in [-0.3, -0.25) is 0 Å². The van der Waals surface area contributed by atoms with Crippen molar-refractivity contribution in [1.82, 2.24) is 0 Å². The summed E-state index contributed by atoms with van der Waals surface area (Å²) < 4.78 is 15.3. The van der Waals surface area contributed by atoms with Crippen LogP contribution >= 0.6 is 0 Å². The van der Waals surface area contributed by atoms with E-state index in [9.17, 15) is 30.6 Å².